The lowest BCUT2D eigenvalue weighted by atomic mass is 9.98. The van der Waals surface area contributed by atoms with Gasteiger partial charge >= 0.3 is 0 Å². The van der Waals surface area contributed by atoms with Crippen molar-refractivity contribution in [3.63, 3.8) is 0 Å². The molecule has 0 bridgehead atoms. The average Bonchev–Trinajstić information content (AvgIpc) is 2.76. The smallest absolute Gasteiger partial charge is 0.173 e. The normalized spacial score (nSPS) is 13.1. The van der Waals surface area contributed by atoms with E-state index in [1.54, 1.807) is 7.11 Å². The maximum atomic E-state index is 5.90. The molecule has 1 N–H and O–H groups in total. The fourth-order valence-electron chi connectivity index (χ4n) is 4.76. The molecule has 2 aromatic carbocycles. The Labute approximate surface area is 199 Å². The number of methoxy groups -OCH3 is 1. The van der Waals surface area contributed by atoms with Crippen LogP contribution in [0.3, 0.4) is 0 Å². The van der Waals surface area contributed by atoms with Gasteiger partial charge in [-0.1, -0.05) is 36.8 Å². The van der Waals surface area contributed by atoms with E-state index in [1.807, 2.05) is 0 Å². The minimum Gasteiger partial charge on any atom is -0.385 e. The van der Waals surface area contributed by atoms with Crippen LogP contribution in [0.1, 0.15) is 54.0 Å². The maximum Gasteiger partial charge on any atom is 0.173 e. The van der Waals surface area contributed by atoms with Gasteiger partial charge in [-0.05, 0) is 87.0 Å². The number of nitrogens with zero attached hydrogens (tertiary/aromatic N) is 2. The number of rotatable bonds is 9. The zero-order valence-electron chi connectivity index (χ0n) is 20.5. The van der Waals surface area contributed by atoms with E-state index in [0.29, 0.717) is 0 Å². The van der Waals surface area contributed by atoms with Crippen LogP contribution in [0.5, 0.6) is 0 Å². The number of ether oxygens (including phenoxy) is 1. The molecule has 0 radical (unpaired) electrons. The summed E-state index contributed by atoms with van der Waals surface area (Å²) in [5.74, 6) is 0. The molecule has 5 heteroatoms. The number of benzene rings is 2. The average molecular weight is 454 g/mol. The lowest BCUT2D eigenvalue weighted by Gasteiger charge is -2.32. The molecule has 1 heterocycles. The fraction of sp³-hybridized carbons (Fsp3) is 0.519. The summed E-state index contributed by atoms with van der Waals surface area (Å²) in [7, 11) is 1.76. The highest BCUT2D eigenvalue weighted by Gasteiger charge is 2.18. The second-order valence-corrected chi connectivity index (χ2v) is 9.41. The quantitative estimate of drug-likeness (QED) is 0.371. The Morgan fingerprint density at radius 1 is 1.16 bits per heavy atom. The van der Waals surface area contributed by atoms with Gasteiger partial charge in [-0.25, -0.2) is 0 Å². The van der Waals surface area contributed by atoms with Crippen molar-refractivity contribution in [2.45, 2.75) is 59.9 Å². The van der Waals surface area contributed by atoms with Gasteiger partial charge in [0, 0.05) is 51.3 Å². The maximum absolute atomic E-state index is 5.90. The van der Waals surface area contributed by atoms with E-state index in [4.69, 9.17) is 17.0 Å². The summed E-state index contributed by atoms with van der Waals surface area (Å²) in [5, 5.41) is 4.33. The molecule has 4 nitrogen and oxygen atoms in total. The molecule has 0 saturated heterocycles. The van der Waals surface area contributed by atoms with Crippen LogP contribution in [-0.4, -0.2) is 43.4 Å². The first-order chi connectivity index (χ1) is 15.4. The minimum absolute atomic E-state index is 0.734. The fourth-order valence-corrected chi connectivity index (χ4v) is 5.02. The zero-order valence-corrected chi connectivity index (χ0v) is 21.3. The molecule has 174 valence electrons. The third kappa shape index (κ3) is 6.23. The summed E-state index contributed by atoms with van der Waals surface area (Å²) in [6.45, 7) is 13.4. The van der Waals surface area contributed by atoms with Crippen LogP contribution in [0.2, 0.25) is 0 Å². The standard InChI is InChI=1S/C27H39N3OS/c1-6-12-29-13-7-9-24-18-23(10-11-25(24)29)19-30(14-8-15-31-5)27(32)28-26-21(3)16-20(2)17-22(26)4/h10-11,16-18H,6-9,12-15,19H2,1-5H3,(H,28,32). The van der Waals surface area contributed by atoms with Crippen LogP contribution < -0.4 is 10.2 Å². The van der Waals surface area contributed by atoms with E-state index in [1.165, 1.54) is 52.9 Å². The minimum atomic E-state index is 0.734. The Balaban J connectivity index is 1.78. The predicted octanol–water partition coefficient (Wildman–Crippen LogP) is 6.01. The van der Waals surface area contributed by atoms with Crippen molar-refractivity contribution in [3.8, 4) is 0 Å². The molecule has 0 amide bonds. The van der Waals surface area contributed by atoms with Crippen molar-refractivity contribution in [1.82, 2.24) is 4.90 Å². The Bertz CT molecular complexity index is 904. The first kappa shape index (κ1) is 24.5. The van der Waals surface area contributed by atoms with Crippen molar-refractivity contribution in [1.29, 1.82) is 0 Å². The number of hydrogen-bond donors (Lipinski definition) is 1. The molecule has 1 aliphatic rings. The van der Waals surface area contributed by atoms with E-state index < -0.39 is 0 Å². The third-order valence-corrected chi connectivity index (χ3v) is 6.56. The van der Waals surface area contributed by atoms with Crippen molar-refractivity contribution < 1.29 is 4.74 Å². The largest absolute Gasteiger partial charge is 0.385 e. The zero-order chi connectivity index (χ0) is 23.1. The summed E-state index contributed by atoms with van der Waals surface area (Å²) in [4.78, 5) is 4.82. The summed E-state index contributed by atoms with van der Waals surface area (Å²) < 4.78 is 5.31. The molecule has 0 atom stereocenters. The SMILES string of the molecule is CCCN1CCCc2cc(CN(CCCOC)C(=S)Nc3c(C)cc(C)cc3C)ccc21. The molecule has 2 aromatic rings. The van der Waals surface area contributed by atoms with Gasteiger partial charge in [-0.2, -0.15) is 0 Å². The monoisotopic (exact) mass is 453 g/mol. The Morgan fingerprint density at radius 2 is 1.91 bits per heavy atom. The van der Waals surface area contributed by atoms with Gasteiger partial charge in [0.2, 0.25) is 0 Å². The number of anilines is 2. The van der Waals surface area contributed by atoms with E-state index in [-0.39, 0.29) is 0 Å². The molecule has 3 rings (SSSR count). The van der Waals surface area contributed by atoms with E-state index in [2.05, 4.69) is 73.1 Å². The molecular formula is C27H39N3OS. The number of hydrogen-bond acceptors (Lipinski definition) is 3. The van der Waals surface area contributed by atoms with Crippen molar-refractivity contribution >= 4 is 28.7 Å². The Kier molecular flexibility index (Phi) is 8.94. The first-order valence-corrected chi connectivity index (χ1v) is 12.3. The predicted molar refractivity (Wildman–Crippen MR) is 141 cm³/mol. The number of aryl methyl sites for hydroxylation is 4. The van der Waals surface area contributed by atoms with Gasteiger partial charge in [-0.15, -0.1) is 0 Å². The molecular weight excluding hydrogens is 414 g/mol. The molecule has 0 spiro atoms. The lowest BCUT2D eigenvalue weighted by Crippen LogP contribution is -2.36. The Morgan fingerprint density at radius 3 is 2.59 bits per heavy atom. The number of thiocarbonyl (C=S) groups is 1. The van der Waals surface area contributed by atoms with Crippen LogP contribution in [0.15, 0.2) is 30.3 Å². The van der Waals surface area contributed by atoms with Gasteiger partial charge < -0.3 is 19.9 Å². The Hall–Kier alpha value is -2.11. The summed E-state index contributed by atoms with van der Waals surface area (Å²) in [6.07, 6.45) is 4.53. The summed E-state index contributed by atoms with van der Waals surface area (Å²) >= 11 is 5.90. The van der Waals surface area contributed by atoms with Crippen LogP contribution in [0.25, 0.3) is 0 Å². The second kappa shape index (κ2) is 11.7. The number of nitrogens with one attached hydrogen (secondary N) is 1. The van der Waals surface area contributed by atoms with Gasteiger partial charge in [-0.3, -0.25) is 0 Å². The number of fused-ring (bicyclic) bond motifs is 1. The molecule has 0 aliphatic carbocycles. The van der Waals surface area contributed by atoms with Gasteiger partial charge in [0.15, 0.2) is 5.11 Å². The summed E-state index contributed by atoms with van der Waals surface area (Å²) in [5.41, 5.74) is 9.07. The summed E-state index contributed by atoms with van der Waals surface area (Å²) in [6, 6.07) is 11.4. The van der Waals surface area contributed by atoms with Gasteiger partial charge in [0.25, 0.3) is 0 Å². The highest BCUT2D eigenvalue weighted by molar-refractivity contribution is 7.80. The van der Waals surface area contributed by atoms with Crippen LogP contribution >= 0.6 is 12.2 Å². The highest BCUT2D eigenvalue weighted by Crippen LogP contribution is 2.29. The van der Waals surface area contributed by atoms with Crippen LogP contribution in [0.4, 0.5) is 11.4 Å². The molecule has 32 heavy (non-hydrogen) atoms. The molecule has 0 fully saturated rings. The molecule has 0 aromatic heterocycles. The highest BCUT2D eigenvalue weighted by atomic mass is 32.1. The van der Waals surface area contributed by atoms with Gasteiger partial charge in [0.05, 0.1) is 0 Å². The van der Waals surface area contributed by atoms with E-state index in [0.717, 1.165) is 49.9 Å². The first-order valence-electron chi connectivity index (χ1n) is 11.9. The lowest BCUT2D eigenvalue weighted by molar-refractivity contribution is 0.185. The molecule has 0 unspecified atom stereocenters. The second-order valence-electron chi connectivity index (χ2n) is 9.03. The van der Waals surface area contributed by atoms with Gasteiger partial charge in [0.1, 0.15) is 0 Å². The topological polar surface area (TPSA) is 27.7 Å². The van der Waals surface area contributed by atoms with E-state index >= 15 is 0 Å². The molecule has 1 aliphatic heterocycles. The van der Waals surface area contributed by atoms with Crippen molar-refractivity contribution in [2.75, 3.05) is 43.6 Å². The van der Waals surface area contributed by atoms with E-state index in [9.17, 15) is 0 Å². The van der Waals surface area contributed by atoms with Crippen LogP contribution in [-0.2, 0) is 17.7 Å². The van der Waals surface area contributed by atoms with Crippen molar-refractivity contribution in [3.05, 3.63) is 58.1 Å². The molecule has 0 saturated carbocycles. The third-order valence-electron chi connectivity index (χ3n) is 6.20. The van der Waals surface area contributed by atoms with Crippen molar-refractivity contribution in [2.24, 2.45) is 0 Å². The van der Waals surface area contributed by atoms with Crippen LogP contribution in [0, 0.1) is 20.8 Å².